The number of rotatable bonds is 7. The predicted octanol–water partition coefficient (Wildman–Crippen LogP) is 12.8. The molecule has 9 rings (SSSR count). The number of nitrogens with zero attached hydrogens (tertiary/aromatic N) is 5. The van der Waals surface area contributed by atoms with Crippen LogP contribution in [-0.4, -0.2) is 33.5 Å². The zero-order valence-corrected chi connectivity index (χ0v) is 32.5. The van der Waals surface area contributed by atoms with E-state index in [0.717, 1.165) is 5.57 Å². The van der Waals surface area contributed by atoms with Crippen molar-refractivity contribution >= 4 is 84.9 Å². The number of nitrogens with one attached hydrogen (secondary N) is 1. The molecular weight excluding hydrogens is 776 g/mol. The molecule has 0 aromatic heterocycles. The number of halogens is 1. The lowest BCUT2D eigenvalue weighted by molar-refractivity contribution is 0.0996. The topological polar surface area (TPSA) is 166 Å². The smallest absolute Gasteiger partial charge is 0.281 e. The molecule has 0 unspecified atom stereocenters. The molecule has 0 fully saturated rings. The summed E-state index contributed by atoms with van der Waals surface area (Å²) in [5.74, 6) is -2.16. The van der Waals surface area contributed by atoms with E-state index in [1.807, 2.05) is 43.4 Å². The third-order valence-corrected chi connectivity index (χ3v) is 10.6. The fraction of sp³-hybridized carbons (Fsp3) is 0.0417. The molecule has 11 nitrogen and oxygen atoms in total. The average Bonchev–Trinajstić information content (AvgIpc) is 3.53. The van der Waals surface area contributed by atoms with Crippen LogP contribution in [0.5, 0.6) is 11.5 Å². The van der Waals surface area contributed by atoms with E-state index >= 15 is 0 Å². The van der Waals surface area contributed by atoms with Crippen LogP contribution >= 0.6 is 11.6 Å². The van der Waals surface area contributed by atoms with Crippen LogP contribution in [0, 0.1) is 0 Å². The first-order chi connectivity index (χ1) is 29.1. The second-order valence-corrected chi connectivity index (χ2v) is 14.6. The van der Waals surface area contributed by atoms with Gasteiger partial charge in [0.05, 0.1) is 33.2 Å². The van der Waals surface area contributed by atoms with Gasteiger partial charge >= 0.3 is 0 Å². The summed E-state index contributed by atoms with van der Waals surface area (Å²) in [4.78, 5) is 44.8. The molecule has 0 heterocycles. The van der Waals surface area contributed by atoms with Crippen molar-refractivity contribution in [1.82, 2.24) is 0 Å². The van der Waals surface area contributed by atoms with E-state index in [4.69, 9.17) is 11.6 Å². The van der Waals surface area contributed by atoms with Crippen molar-refractivity contribution in [2.45, 2.75) is 13.3 Å². The van der Waals surface area contributed by atoms with Gasteiger partial charge in [-0.15, -0.1) is 10.2 Å². The number of carbonyl (C=O) groups is 3. The zero-order chi connectivity index (χ0) is 41.5. The fourth-order valence-electron chi connectivity index (χ4n) is 7.32. The summed E-state index contributed by atoms with van der Waals surface area (Å²) in [6.07, 6.45) is 6.21. The maximum atomic E-state index is 13.9. The van der Waals surface area contributed by atoms with Gasteiger partial charge in [0.25, 0.3) is 11.8 Å². The molecule has 3 N–H and O–H groups in total. The summed E-state index contributed by atoms with van der Waals surface area (Å²) >= 11 is 6.26. The molecular formula is C48H31ClN6O5. The molecule has 0 bridgehead atoms. The quantitative estimate of drug-likeness (QED) is 0.136. The number of anilines is 1. The van der Waals surface area contributed by atoms with Gasteiger partial charge in [0.2, 0.25) is 0 Å². The molecule has 2 aliphatic rings. The largest absolute Gasteiger partial charge is 0.505 e. The van der Waals surface area contributed by atoms with Crippen LogP contribution < -0.4 is 5.32 Å². The van der Waals surface area contributed by atoms with Gasteiger partial charge in [-0.1, -0.05) is 96.5 Å². The molecule has 2 aliphatic carbocycles. The average molecular weight is 807 g/mol. The van der Waals surface area contributed by atoms with E-state index in [1.54, 1.807) is 103 Å². The molecule has 7 aromatic rings. The van der Waals surface area contributed by atoms with Crippen molar-refractivity contribution in [1.29, 1.82) is 0 Å². The predicted molar refractivity (Wildman–Crippen MR) is 234 cm³/mol. The minimum atomic E-state index is -0.598. The SMILES string of the molecule is CC1=CC(=NC(=O)c2cc3ccccc3c(N=Nc3ccc4c(c3)C(=O)c3cc(N=Nc5c(O)c(C(=O)Nc6ccccc6Cl)cc6ccccc56)ccc3-4)c2O)CC=C1. The van der Waals surface area contributed by atoms with Gasteiger partial charge in [0.15, 0.2) is 17.3 Å². The number of aliphatic imine (C=N–C) groups is 1. The van der Waals surface area contributed by atoms with Crippen LogP contribution in [0.4, 0.5) is 28.4 Å². The Hall–Kier alpha value is -7.89. The summed E-state index contributed by atoms with van der Waals surface area (Å²) in [7, 11) is 0. The Kier molecular flexibility index (Phi) is 9.71. The molecule has 0 saturated heterocycles. The number of benzene rings is 7. The number of aromatic hydroxyl groups is 2. The van der Waals surface area contributed by atoms with E-state index in [9.17, 15) is 24.6 Å². The molecule has 0 saturated carbocycles. The van der Waals surface area contributed by atoms with E-state index in [2.05, 4.69) is 30.8 Å². The van der Waals surface area contributed by atoms with Gasteiger partial charge in [0.1, 0.15) is 11.4 Å². The number of hydrogen-bond donors (Lipinski definition) is 3. The van der Waals surface area contributed by atoms with Crippen LogP contribution in [0.3, 0.4) is 0 Å². The highest BCUT2D eigenvalue weighted by Crippen LogP contribution is 2.44. The van der Waals surface area contributed by atoms with Gasteiger partial charge in [0, 0.05) is 34.0 Å². The van der Waals surface area contributed by atoms with Crippen LogP contribution in [0.2, 0.25) is 5.02 Å². The number of carbonyl (C=O) groups excluding carboxylic acids is 3. The maximum Gasteiger partial charge on any atom is 0.281 e. The Morgan fingerprint density at radius 2 is 1.20 bits per heavy atom. The summed E-state index contributed by atoms with van der Waals surface area (Å²) in [5.41, 5.74) is 4.98. The number of hydrogen-bond acceptors (Lipinski definition) is 9. The Morgan fingerprint density at radius 3 is 1.80 bits per heavy atom. The van der Waals surface area contributed by atoms with Crippen molar-refractivity contribution in [2.75, 3.05) is 5.32 Å². The third kappa shape index (κ3) is 7.03. The molecule has 2 amide bonds. The van der Waals surface area contributed by atoms with Crippen LogP contribution in [0.15, 0.2) is 171 Å². The Morgan fingerprint density at radius 1 is 0.650 bits per heavy atom. The maximum absolute atomic E-state index is 13.9. The van der Waals surface area contributed by atoms with Crippen LogP contribution in [0.1, 0.15) is 50.0 Å². The van der Waals surface area contributed by atoms with E-state index in [1.165, 1.54) is 0 Å². The molecule has 7 aromatic carbocycles. The van der Waals surface area contributed by atoms with Crippen molar-refractivity contribution in [2.24, 2.45) is 25.4 Å². The van der Waals surface area contributed by atoms with Crippen molar-refractivity contribution < 1.29 is 24.6 Å². The van der Waals surface area contributed by atoms with Crippen LogP contribution in [0.25, 0.3) is 32.7 Å². The van der Waals surface area contributed by atoms with Gasteiger partial charge in [-0.2, -0.15) is 10.2 Å². The first-order valence-electron chi connectivity index (χ1n) is 18.8. The summed E-state index contributed by atoms with van der Waals surface area (Å²) < 4.78 is 0. The molecule has 0 atom stereocenters. The summed E-state index contributed by atoms with van der Waals surface area (Å²) in [5, 5.41) is 45.9. The standard InChI is InChI=1S/C48H31ClN6O5/c1-26-9-8-12-29(21-26)50-47(59)38-22-27-10-2-4-13-32(27)42(45(38)57)54-52-30-17-19-34-35-20-18-31(25-37(35)44(56)36(34)24-30)53-55-43-33-14-5-3-11-28(33)23-39(46(43)58)48(60)51-41-16-7-6-15-40(41)49/h2-11,13-25,57-58H,12H2,1H3,(H,51,60). The Bertz CT molecular complexity index is 3170. The Labute approximate surface area is 347 Å². The number of para-hydroxylation sites is 1. The van der Waals surface area contributed by atoms with Gasteiger partial charge in [-0.05, 0) is 89.0 Å². The zero-order valence-electron chi connectivity index (χ0n) is 31.7. The first-order valence-corrected chi connectivity index (χ1v) is 19.2. The number of phenolic OH excluding ortho intramolecular Hbond substituents is 2. The second-order valence-electron chi connectivity index (χ2n) is 14.2. The second kappa shape index (κ2) is 15.5. The number of ketones is 1. The van der Waals surface area contributed by atoms with Crippen molar-refractivity contribution in [3.63, 3.8) is 0 Å². The summed E-state index contributed by atoms with van der Waals surface area (Å²) in [6, 6.07) is 34.5. The monoisotopic (exact) mass is 806 g/mol. The minimum Gasteiger partial charge on any atom is -0.505 e. The number of fused-ring (bicyclic) bond motifs is 5. The van der Waals surface area contributed by atoms with Gasteiger partial charge < -0.3 is 15.5 Å². The lowest BCUT2D eigenvalue weighted by Gasteiger charge is -2.12. The number of allylic oxidation sites excluding steroid dienone is 4. The van der Waals surface area contributed by atoms with Crippen molar-refractivity contribution in [3.8, 4) is 22.6 Å². The van der Waals surface area contributed by atoms with Crippen molar-refractivity contribution in [3.05, 3.63) is 172 Å². The third-order valence-electron chi connectivity index (χ3n) is 10.3. The highest BCUT2D eigenvalue weighted by molar-refractivity contribution is 6.34. The number of azo groups is 2. The molecule has 0 radical (unpaired) electrons. The Balaban J connectivity index is 0.998. The van der Waals surface area contributed by atoms with Crippen LogP contribution in [-0.2, 0) is 0 Å². The normalized spacial score (nSPS) is 14.0. The highest BCUT2D eigenvalue weighted by atomic mass is 35.5. The summed E-state index contributed by atoms with van der Waals surface area (Å²) in [6.45, 7) is 1.92. The lowest BCUT2D eigenvalue weighted by atomic mass is 10.0. The number of phenols is 2. The van der Waals surface area contributed by atoms with Gasteiger partial charge in [-0.25, -0.2) is 4.99 Å². The molecule has 60 heavy (non-hydrogen) atoms. The number of amides is 2. The first kappa shape index (κ1) is 37.7. The van der Waals surface area contributed by atoms with E-state index in [0.29, 0.717) is 78.0 Å². The molecule has 290 valence electrons. The van der Waals surface area contributed by atoms with E-state index in [-0.39, 0.29) is 39.8 Å². The molecule has 0 spiro atoms. The highest BCUT2D eigenvalue weighted by Gasteiger charge is 2.28. The van der Waals surface area contributed by atoms with E-state index < -0.39 is 11.8 Å². The minimum absolute atomic E-state index is 0.00156. The fourth-order valence-corrected chi connectivity index (χ4v) is 7.51. The van der Waals surface area contributed by atoms with Gasteiger partial charge in [-0.3, -0.25) is 14.4 Å². The molecule has 12 heteroatoms. The lowest BCUT2D eigenvalue weighted by Crippen LogP contribution is -2.12. The molecule has 0 aliphatic heterocycles.